The van der Waals surface area contributed by atoms with Crippen LogP contribution in [-0.4, -0.2) is 14.5 Å². The van der Waals surface area contributed by atoms with Crippen molar-refractivity contribution in [2.45, 2.75) is 6.42 Å². The molecule has 1 unspecified atom stereocenters. The second kappa shape index (κ2) is 4.55. The van der Waals surface area contributed by atoms with Crippen LogP contribution in [-0.2, 0) is 17.5 Å². The Morgan fingerprint density at radius 3 is 2.60 bits per heavy atom. The molecule has 0 amide bonds. The first-order chi connectivity index (χ1) is 7.27. The Balaban J connectivity index is 2.38. The highest BCUT2D eigenvalue weighted by atomic mass is 32.2. The Hall–Kier alpha value is -1.19. The summed E-state index contributed by atoms with van der Waals surface area (Å²) >= 11 is -1.71. The predicted octanol–water partition coefficient (Wildman–Crippen LogP) is 2.60. The molecule has 2 rings (SSSR count). The molecule has 0 radical (unpaired) electrons. The summed E-state index contributed by atoms with van der Waals surface area (Å²) in [6, 6.07) is 14.1. The van der Waals surface area contributed by atoms with Crippen LogP contribution in [0.5, 0.6) is 0 Å². The molecule has 0 aliphatic rings. The van der Waals surface area contributed by atoms with Gasteiger partial charge in [-0.05, 0) is 22.8 Å². The summed E-state index contributed by atoms with van der Waals surface area (Å²) in [7, 11) is 0. The summed E-state index contributed by atoms with van der Waals surface area (Å²) in [6.07, 6.45) is 0.643. The van der Waals surface area contributed by atoms with Gasteiger partial charge < -0.3 is 4.55 Å². The van der Waals surface area contributed by atoms with E-state index in [1.165, 1.54) is 10.8 Å². The maximum atomic E-state index is 10.6. The highest BCUT2D eigenvalue weighted by molar-refractivity contribution is 7.79. The number of hydrogen-bond donors (Lipinski definition) is 1. The topological polar surface area (TPSA) is 37.3 Å². The second-order valence-corrected chi connectivity index (χ2v) is 4.47. The molecule has 15 heavy (non-hydrogen) atoms. The van der Waals surface area contributed by atoms with E-state index in [1.54, 1.807) is 0 Å². The Kier molecular flexibility index (Phi) is 3.14. The van der Waals surface area contributed by atoms with Crippen LogP contribution in [0.1, 0.15) is 5.56 Å². The number of aryl methyl sites for hydroxylation is 1. The number of benzene rings is 2. The van der Waals surface area contributed by atoms with Crippen molar-refractivity contribution in [3.05, 3.63) is 48.0 Å². The zero-order chi connectivity index (χ0) is 10.7. The molecule has 0 aromatic heterocycles. The fraction of sp³-hybridized carbons (Fsp3) is 0.167. The Morgan fingerprint density at radius 1 is 1.07 bits per heavy atom. The molecule has 0 aliphatic heterocycles. The van der Waals surface area contributed by atoms with E-state index in [9.17, 15) is 4.21 Å². The smallest absolute Gasteiger partial charge is 0.153 e. The quantitative estimate of drug-likeness (QED) is 0.807. The van der Waals surface area contributed by atoms with E-state index in [1.807, 2.05) is 30.3 Å². The van der Waals surface area contributed by atoms with Crippen molar-refractivity contribution < 1.29 is 8.76 Å². The van der Waals surface area contributed by atoms with Crippen molar-refractivity contribution >= 4 is 21.9 Å². The van der Waals surface area contributed by atoms with Crippen molar-refractivity contribution in [3.8, 4) is 0 Å². The van der Waals surface area contributed by atoms with Gasteiger partial charge >= 0.3 is 0 Å². The molecule has 1 atom stereocenters. The Labute approximate surface area is 91.2 Å². The molecule has 0 saturated heterocycles. The van der Waals surface area contributed by atoms with E-state index >= 15 is 0 Å². The largest absolute Gasteiger partial charge is 0.306 e. The summed E-state index contributed by atoms with van der Waals surface area (Å²) in [5, 5.41) is 2.35. The van der Waals surface area contributed by atoms with Gasteiger partial charge in [0.25, 0.3) is 0 Å². The first-order valence-corrected chi connectivity index (χ1v) is 6.09. The van der Waals surface area contributed by atoms with Crippen LogP contribution in [0.15, 0.2) is 42.5 Å². The average molecular weight is 220 g/mol. The summed E-state index contributed by atoms with van der Waals surface area (Å²) in [4.78, 5) is 0. The van der Waals surface area contributed by atoms with Gasteiger partial charge in [-0.1, -0.05) is 42.5 Å². The zero-order valence-corrected chi connectivity index (χ0v) is 9.04. The molecule has 3 heteroatoms. The van der Waals surface area contributed by atoms with Crippen molar-refractivity contribution in [2.75, 3.05) is 5.75 Å². The molecule has 0 bridgehead atoms. The molecule has 1 N–H and O–H groups in total. The van der Waals surface area contributed by atoms with Crippen molar-refractivity contribution in [1.29, 1.82) is 0 Å². The van der Waals surface area contributed by atoms with Gasteiger partial charge in [-0.3, -0.25) is 0 Å². The number of rotatable bonds is 3. The van der Waals surface area contributed by atoms with Crippen molar-refractivity contribution in [3.63, 3.8) is 0 Å². The Bertz CT molecular complexity index is 488. The van der Waals surface area contributed by atoms with Crippen LogP contribution in [0.25, 0.3) is 10.8 Å². The van der Waals surface area contributed by atoms with E-state index in [4.69, 9.17) is 4.55 Å². The first kappa shape index (κ1) is 10.3. The molecular weight excluding hydrogens is 208 g/mol. The third kappa shape index (κ3) is 2.43. The molecule has 0 fully saturated rings. The van der Waals surface area contributed by atoms with Gasteiger partial charge in [-0.25, -0.2) is 4.21 Å². The predicted molar refractivity (Wildman–Crippen MR) is 63.3 cm³/mol. The molecule has 2 aromatic carbocycles. The summed E-state index contributed by atoms with van der Waals surface area (Å²) in [5.74, 6) is 0.300. The lowest BCUT2D eigenvalue weighted by Gasteiger charge is -2.04. The molecule has 78 valence electrons. The van der Waals surface area contributed by atoms with Gasteiger partial charge in [0.05, 0.1) is 5.75 Å². The van der Waals surface area contributed by atoms with Crippen LogP contribution in [0.2, 0.25) is 0 Å². The summed E-state index contributed by atoms with van der Waals surface area (Å²) in [5.41, 5.74) is 1.13. The number of hydrogen-bond acceptors (Lipinski definition) is 1. The van der Waals surface area contributed by atoms with Gasteiger partial charge in [0.1, 0.15) is 0 Å². The third-order valence-electron chi connectivity index (χ3n) is 2.43. The van der Waals surface area contributed by atoms with E-state index < -0.39 is 11.1 Å². The second-order valence-electron chi connectivity index (χ2n) is 3.41. The first-order valence-electron chi connectivity index (χ1n) is 4.81. The fourth-order valence-electron chi connectivity index (χ4n) is 1.71. The van der Waals surface area contributed by atoms with Crippen molar-refractivity contribution in [2.24, 2.45) is 0 Å². The molecule has 2 nitrogen and oxygen atoms in total. The third-order valence-corrected chi connectivity index (χ3v) is 2.98. The minimum atomic E-state index is -1.71. The minimum Gasteiger partial charge on any atom is -0.306 e. The lowest BCUT2D eigenvalue weighted by molar-refractivity contribution is 0.564. The lowest BCUT2D eigenvalue weighted by Crippen LogP contribution is -1.99. The van der Waals surface area contributed by atoms with Gasteiger partial charge in [0, 0.05) is 0 Å². The normalized spacial score (nSPS) is 12.9. The molecule has 0 saturated carbocycles. The molecule has 0 aliphatic carbocycles. The summed E-state index contributed by atoms with van der Waals surface area (Å²) < 4.78 is 19.4. The highest BCUT2D eigenvalue weighted by Gasteiger charge is 2.01. The number of fused-ring (bicyclic) bond motifs is 1. The molecular formula is C12H12O2S. The van der Waals surface area contributed by atoms with E-state index in [0.717, 1.165) is 5.56 Å². The van der Waals surface area contributed by atoms with E-state index in [0.29, 0.717) is 12.2 Å². The van der Waals surface area contributed by atoms with Crippen LogP contribution in [0, 0.1) is 0 Å². The molecule has 2 aromatic rings. The van der Waals surface area contributed by atoms with Gasteiger partial charge in [0.2, 0.25) is 0 Å². The molecule has 0 spiro atoms. The maximum Gasteiger partial charge on any atom is 0.153 e. The van der Waals surface area contributed by atoms with Crippen molar-refractivity contribution in [1.82, 2.24) is 0 Å². The van der Waals surface area contributed by atoms with Crippen LogP contribution in [0.4, 0.5) is 0 Å². The fourth-order valence-corrected chi connectivity index (χ4v) is 2.10. The van der Waals surface area contributed by atoms with Crippen LogP contribution in [0.3, 0.4) is 0 Å². The maximum absolute atomic E-state index is 10.6. The van der Waals surface area contributed by atoms with Crippen LogP contribution >= 0.6 is 0 Å². The zero-order valence-electron chi connectivity index (χ0n) is 8.22. The van der Waals surface area contributed by atoms with Gasteiger partial charge in [-0.15, -0.1) is 0 Å². The SMILES string of the molecule is O=S(O)CCc1cccc2ccccc12. The summed E-state index contributed by atoms with van der Waals surface area (Å²) in [6.45, 7) is 0. The lowest BCUT2D eigenvalue weighted by atomic mass is 10.0. The minimum absolute atomic E-state index is 0.300. The van der Waals surface area contributed by atoms with E-state index in [-0.39, 0.29) is 0 Å². The van der Waals surface area contributed by atoms with Gasteiger partial charge in [0.15, 0.2) is 11.1 Å². The van der Waals surface area contributed by atoms with Crippen LogP contribution < -0.4 is 0 Å². The van der Waals surface area contributed by atoms with E-state index in [2.05, 4.69) is 12.1 Å². The monoisotopic (exact) mass is 220 g/mol. The molecule has 0 heterocycles. The standard InChI is InChI=1S/C12H12O2S/c13-15(14)9-8-11-6-3-5-10-4-1-2-7-12(10)11/h1-7H,8-9H2,(H,13,14). The average Bonchev–Trinajstić information content (AvgIpc) is 2.26. The van der Waals surface area contributed by atoms with Gasteiger partial charge in [-0.2, -0.15) is 0 Å². The highest BCUT2D eigenvalue weighted by Crippen LogP contribution is 2.18. The Morgan fingerprint density at radius 2 is 1.80 bits per heavy atom.